The molecule has 0 saturated carbocycles. The minimum Gasteiger partial charge on any atom is -0.481 e. The van der Waals surface area contributed by atoms with Gasteiger partial charge in [-0.2, -0.15) is 0 Å². The molecule has 1 amide bonds. The molecule has 0 aromatic carbocycles. The Kier molecular flexibility index (Phi) is 6.88. The van der Waals surface area contributed by atoms with E-state index in [-0.39, 0.29) is 19.3 Å². The fourth-order valence-electron chi connectivity index (χ4n) is 1.14. The van der Waals surface area contributed by atoms with Gasteiger partial charge in [0.05, 0.1) is 12.5 Å². The topological polar surface area (TPSA) is 124 Å². The Balaban J connectivity index is 4.20. The summed E-state index contributed by atoms with van der Waals surface area (Å²) in [5, 5.41) is 28.5. The third-order valence-corrected chi connectivity index (χ3v) is 2.17. The van der Waals surface area contributed by atoms with Crippen molar-refractivity contribution in [3.63, 3.8) is 0 Å². The Bertz CT molecular complexity index is 291. The third kappa shape index (κ3) is 7.29. The molecule has 0 radical (unpaired) electrons. The minimum atomic E-state index is -1.29. The highest BCUT2D eigenvalue weighted by Crippen LogP contribution is 2.01. The Hall–Kier alpha value is -1.63. The number of rotatable bonds is 8. The van der Waals surface area contributed by atoms with Crippen LogP contribution in [0.1, 0.15) is 32.6 Å². The van der Waals surface area contributed by atoms with Gasteiger partial charge >= 0.3 is 11.9 Å². The zero-order valence-electron chi connectivity index (χ0n) is 9.55. The second-order valence-corrected chi connectivity index (χ2v) is 3.66. The standard InChI is InChI=1S/C10H17NO6/c1-2-6(12)5-8(13)11-7(10(16)17)3-4-9(14)15/h6-7,12H,2-5H2,1H3,(H,11,13)(H,14,15)(H,16,17)/t6?,7-/m0/s1. The highest BCUT2D eigenvalue weighted by atomic mass is 16.4. The van der Waals surface area contributed by atoms with E-state index in [2.05, 4.69) is 5.32 Å². The maximum absolute atomic E-state index is 11.3. The van der Waals surface area contributed by atoms with Gasteiger partial charge in [0.1, 0.15) is 6.04 Å². The lowest BCUT2D eigenvalue weighted by molar-refractivity contribution is -0.143. The molecule has 0 rings (SSSR count). The summed E-state index contributed by atoms with van der Waals surface area (Å²) in [6.45, 7) is 1.69. The fourth-order valence-corrected chi connectivity index (χ4v) is 1.14. The summed E-state index contributed by atoms with van der Waals surface area (Å²) in [5.41, 5.74) is 0. The molecule has 0 heterocycles. The molecule has 7 nitrogen and oxygen atoms in total. The van der Waals surface area contributed by atoms with E-state index in [1.54, 1.807) is 6.92 Å². The van der Waals surface area contributed by atoms with E-state index in [1.807, 2.05) is 0 Å². The maximum atomic E-state index is 11.3. The van der Waals surface area contributed by atoms with Crippen LogP contribution in [0, 0.1) is 0 Å². The number of carboxylic acids is 2. The van der Waals surface area contributed by atoms with E-state index in [4.69, 9.17) is 10.2 Å². The van der Waals surface area contributed by atoms with Crippen molar-refractivity contribution in [2.24, 2.45) is 0 Å². The Morgan fingerprint density at radius 2 is 1.82 bits per heavy atom. The van der Waals surface area contributed by atoms with E-state index in [0.717, 1.165) is 0 Å². The van der Waals surface area contributed by atoms with Crippen LogP contribution in [0.5, 0.6) is 0 Å². The smallest absolute Gasteiger partial charge is 0.326 e. The summed E-state index contributed by atoms with van der Waals surface area (Å²) in [6.07, 6.45) is -1.14. The quantitative estimate of drug-likeness (QED) is 0.462. The average molecular weight is 247 g/mol. The fraction of sp³-hybridized carbons (Fsp3) is 0.700. The molecule has 7 heteroatoms. The summed E-state index contributed by atoms with van der Waals surface area (Å²) < 4.78 is 0. The molecule has 0 spiro atoms. The predicted molar refractivity (Wildman–Crippen MR) is 57.4 cm³/mol. The first-order chi connectivity index (χ1) is 7.86. The summed E-state index contributed by atoms with van der Waals surface area (Å²) >= 11 is 0. The van der Waals surface area contributed by atoms with Crippen molar-refractivity contribution in [2.75, 3.05) is 0 Å². The first-order valence-corrected chi connectivity index (χ1v) is 5.28. The van der Waals surface area contributed by atoms with Gasteiger partial charge in [-0.25, -0.2) is 4.79 Å². The monoisotopic (exact) mass is 247 g/mol. The van der Waals surface area contributed by atoms with Gasteiger partial charge in [-0.15, -0.1) is 0 Å². The van der Waals surface area contributed by atoms with Crippen LogP contribution in [0.15, 0.2) is 0 Å². The molecule has 2 atom stereocenters. The van der Waals surface area contributed by atoms with Crippen molar-refractivity contribution in [3.05, 3.63) is 0 Å². The van der Waals surface area contributed by atoms with Crippen LogP contribution in [-0.4, -0.2) is 45.3 Å². The number of nitrogens with one attached hydrogen (secondary N) is 1. The average Bonchev–Trinajstić information content (AvgIpc) is 2.23. The lowest BCUT2D eigenvalue weighted by Crippen LogP contribution is -2.42. The van der Waals surface area contributed by atoms with E-state index >= 15 is 0 Å². The molecule has 4 N–H and O–H groups in total. The van der Waals surface area contributed by atoms with Crippen LogP contribution in [0.25, 0.3) is 0 Å². The van der Waals surface area contributed by atoms with Crippen molar-refractivity contribution in [1.82, 2.24) is 5.32 Å². The third-order valence-electron chi connectivity index (χ3n) is 2.17. The van der Waals surface area contributed by atoms with Crippen LogP contribution in [0.4, 0.5) is 0 Å². The van der Waals surface area contributed by atoms with E-state index < -0.39 is 30.0 Å². The number of carboxylic acid groups (broad SMARTS) is 2. The van der Waals surface area contributed by atoms with Crippen molar-refractivity contribution in [3.8, 4) is 0 Å². The zero-order chi connectivity index (χ0) is 13.4. The molecule has 17 heavy (non-hydrogen) atoms. The number of aliphatic hydroxyl groups is 1. The number of amides is 1. The number of aliphatic hydroxyl groups excluding tert-OH is 1. The van der Waals surface area contributed by atoms with Crippen molar-refractivity contribution in [2.45, 2.75) is 44.8 Å². The Morgan fingerprint density at radius 1 is 1.24 bits per heavy atom. The van der Waals surface area contributed by atoms with Gasteiger partial charge in [0.15, 0.2) is 0 Å². The molecule has 98 valence electrons. The van der Waals surface area contributed by atoms with Crippen molar-refractivity contribution in [1.29, 1.82) is 0 Å². The number of carbonyl (C=O) groups is 3. The minimum absolute atomic E-state index is 0.182. The number of hydrogen-bond acceptors (Lipinski definition) is 4. The van der Waals surface area contributed by atoms with Gasteiger partial charge in [-0.1, -0.05) is 6.92 Å². The van der Waals surface area contributed by atoms with Crippen LogP contribution < -0.4 is 5.32 Å². The maximum Gasteiger partial charge on any atom is 0.326 e. The first-order valence-electron chi connectivity index (χ1n) is 5.28. The molecule has 0 aliphatic rings. The Labute approximate surface area is 98.4 Å². The SMILES string of the molecule is CCC(O)CC(=O)N[C@@H](CCC(=O)O)C(=O)O. The van der Waals surface area contributed by atoms with Crippen molar-refractivity contribution < 1.29 is 29.7 Å². The highest BCUT2D eigenvalue weighted by molar-refractivity contribution is 5.84. The van der Waals surface area contributed by atoms with E-state index in [1.165, 1.54) is 0 Å². The van der Waals surface area contributed by atoms with Crippen molar-refractivity contribution >= 4 is 17.8 Å². The van der Waals surface area contributed by atoms with Crippen LogP contribution in [0.3, 0.4) is 0 Å². The summed E-state index contributed by atoms with van der Waals surface area (Å²) in [6, 6.07) is -1.23. The highest BCUT2D eigenvalue weighted by Gasteiger charge is 2.21. The largest absolute Gasteiger partial charge is 0.481 e. The van der Waals surface area contributed by atoms with Gasteiger partial charge in [0.25, 0.3) is 0 Å². The van der Waals surface area contributed by atoms with Gasteiger partial charge in [0.2, 0.25) is 5.91 Å². The van der Waals surface area contributed by atoms with Gasteiger partial charge in [0, 0.05) is 6.42 Å². The molecule has 0 saturated heterocycles. The Morgan fingerprint density at radius 3 is 2.24 bits per heavy atom. The molecule has 0 aliphatic heterocycles. The molecule has 1 unspecified atom stereocenters. The van der Waals surface area contributed by atoms with Crippen LogP contribution >= 0.6 is 0 Å². The number of aliphatic carboxylic acids is 2. The lowest BCUT2D eigenvalue weighted by Gasteiger charge is -2.14. The van der Waals surface area contributed by atoms with Gasteiger partial charge in [-0.3, -0.25) is 9.59 Å². The van der Waals surface area contributed by atoms with Crippen LogP contribution in [0.2, 0.25) is 0 Å². The second-order valence-electron chi connectivity index (χ2n) is 3.66. The first kappa shape index (κ1) is 15.4. The predicted octanol–water partition coefficient (Wildman–Crippen LogP) is -0.418. The van der Waals surface area contributed by atoms with Gasteiger partial charge < -0.3 is 20.6 Å². The number of hydrogen-bond donors (Lipinski definition) is 4. The molecule has 0 aromatic rings. The van der Waals surface area contributed by atoms with E-state index in [9.17, 15) is 19.5 Å². The normalized spacial score (nSPS) is 13.8. The molecule has 0 aliphatic carbocycles. The molecule has 0 aromatic heterocycles. The number of carbonyl (C=O) groups excluding carboxylic acids is 1. The summed E-state index contributed by atoms with van der Waals surface area (Å²) in [4.78, 5) is 32.3. The molecular formula is C10H17NO6. The molecule has 0 bridgehead atoms. The van der Waals surface area contributed by atoms with Gasteiger partial charge in [-0.05, 0) is 12.8 Å². The molecule has 0 fully saturated rings. The molecular weight excluding hydrogens is 230 g/mol. The summed E-state index contributed by atoms with van der Waals surface area (Å²) in [7, 11) is 0. The van der Waals surface area contributed by atoms with E-state index in [0.29, 0.717) is 6.42 Å². The second kappa shape index (κ2) is 7.61. The zero-order valence-corrected chi connectivity index (χ0v) is 9.55. The van der Waals surface area contributed by atoms with Crippen LogP contribution in [-0.2, 0) is 14.4 Å². The summed E-state index contributed by atoms with van der Waals surface area (Å²) in [5.74, 6) is -3.01. The lowest BCUT2D eigenvalue weighted by atomic mass is 10.1.